The number of hydrogen-bond acceptors (Lipinski definition) is 1. The van der Waals surface area contributed by atoms with Crippen molar-refractivity contribution in [2.45, 2.75) is 12.3 Å². The third-order valence-corrected chi connectivity index (χ3v) is 3.60. The molecule has 1 nitrogen and oxygen atoms in total. The molecule has 1 heterocycles. The van der Waals surface area contributed by atoms with Crippen LogP contribution in [0.25, 0.3) is 0 Å². The van der Waals surface area contributed by atoms with Crippen LogP contribution in [0.4, 0.5) is 4.39 Å². The molecule has 5 heteroatoms. The fourth-order valence-corrected chi connectivity index (χ4v) is 2.42. The van der Waals surface area contributed by atoms with Gasteiger partial charge in [0.1, 0.15) is 17.0 Å². The Hall–Kier alpha value is -0.510. The van der Waals surface area contributed by atoms with Gasteiger partial charge in [-0.3, -0.25) is 0 Å². The maximum atomic E-state index is 13.3. The highest BCUT2D eigenvalue weighted by Crippen LogP contribution is 2.36. The molecule has 0 bridgehead atoms. The van der Waals surface area contributed by atoms with Gasteiger partial charge in [0.25, 0.3) is 0 Å². The molecule has 1 aromatic heterocycles. The van der Waals surface area contributed by atoms with Gasteiger partial charge in [-0.15, -0.1) is 11.6 Å². The number of aryl methyl sites for hydroxylation is 1. The van der Waals surface area contributed by atoms with Gasteiger partial charge in [0, 0.05) is 5.02 Å². The second-order valence-electron chi connectivity index (χ2n) is 3.63. The van der Waals surface area contributed by atoms with Gasteiger partial charge < -0.3 is 4.42 Å². The summed E-state index contributed by atoms with van der Waals surface area (Å²) in [5.41, 5.74) is 1.13. The second kappa shape index (κ2) is 5.01. The average molecular weight is 338 g/mol. The van der Waals surface area contributed by atoms with Crippen molar-refractivity contribution in [3.63, 3.8) is 0 Å². The molecule has 0 aliphatic heterocycles. The van der Waals surface area contributed by atoms with Crippen molar-refractivity contribution < 1.29 is 8.81 Å². The third-order valence-electron chi connectivity index (χ3n) is 2.39. The maximum Gasteiger partial charge on any atom is 0.169 e. The molecule has 2 aromatic rings. The van der Waals surface area contributed by atoms with Gasteiger partial charge in [-0.05, 0) is 58.2 Å². The largest absolute Gasteiger partial charge is 0.452 e. The van der Waals surface area contributed by atoms with E-state index in [4.69, 9.17) is 27.6 Å². The second-order valence-corrected chi connectivity index (χ2v) is 5.25. The molecule has 17 heavy (non-hydrogen) atoms. The Labute approximate surface area is 117 Å². The van der Waals surface area contributed by atoms with Crippen molar-refractivity contribution in [2.24, 2.45) is 0 Å². The lowest BCUT2D eigenvalue weighted by Crippen LogP contribution is -1.95. The average Bonchev–Trinajstić information content (AvgIpc) is 2.69. The van der Waals surface area contributed by atoms with Crippen LogP contribution in [0.2, 0.25) is 5.02 Å². The lowest BCUT2D eigenvalue weighted by Gasteiger charge is -2.10. The van der Waals surface area contributed by atoms with Crippen LogP contribution in [0.3, 0.4) is 0 Å². The van der Waals surface area contributed by atoms with Crippen molar-refractivity contribution in [2.75, 3.05) is 0 Å². The highest BCUT2D eigenvalue weighted by Gasteiger charge is 2.19. The summed E-state index contributed by atoms with van der Waals surface area (Å²) in [6.45, 7) is 1.66. The summed E-state index contributed by atoms with van der Waals surface area (Å²) in [6, 6.07) is 6.39. The topological polar surface area (TPSA) is 13.1 Å². The highest BCUT2D eigenvalue weighted by molar-refractivity contribution is 9.10. The first-order valence-electron chi connectivity index (χ1n) is 4.84. The van der Waals surface area contributed by atoms with Gasteiger partial charge in [0.15, 0.2) is 4.67 Å². The number of benzene rings is 1. The minimum Gasteiger partial charge on any atom is -0.452 e. The molecule has 0 aliphatic rings. The van der Waals surface area contributed by atoms with Crippen molar-refractivity contribution in [1.82, 2.24) is 0 Å². The summed E-state index contributed by atoms with van der Waals surface area (Å²) < 4.78 is 19.2. The monoisotopic (exact) mass is 336 g/mol. The zero-order valence-electron chi connectivity index (χ0n) is 8.81. The van der Waals surface area contributed by atoms with Crippen LogP contribution >= 0.6 is 39.1 Å². The van der Waals surface area contributed by atoms with E-state index in [2.05, 4.69) is 15.9 Å². The Balaban J connectivity index is 2.43. The first-order chi connectivity index (χ1) is 7.99. The first kappa shape index (κ1) is 12.9. The van der Waals surface area contributed by atoms with Crippen LogP contribution < -0.4 is 0 Å². The van der Waals surface area contributed by atoms with E-state index in [1.54, 1.807) is 25.1 Å². The maximum absolute atomic E-state index is 13.3. The van der Waals surface area contributed by atoms with Crippen LogP contribution in [0.5, 0.6) is 0 Å². The smallest absolute Gasteiger partial charge is 0.169 e. The predicted molar refractivity (Wildman–Crippen MR) is 70.3 cm³/mol. The molecule has 90 valence electrons. The number of alkyl halides is 1. The van der Waals surface area contributed by atoms with E-state index in [9.17, 15) is 4.39 Å². The summed E-state index contributed by atoms with van der Waals surface area (Å²) >= 11 is 15.4. The molecule has 0 fully saturated rings. The van der Waals surface area contributed by atoms with Crippen LogP contribution in [0.15, 0.2) is 33.4 Å². The van der Waals surface area contributed by atoms with Crippen LogP contribution in [0.1, 0.15) is 22.3 Å². The fraction of sp³-hybridized carbons (Fsp3) is 0.167. The molecule has 1 atom stereocenters. The Bertz CT molecular complexity index is 553. The van der Waals surface area contributed by atoms with E-state index in [1.165, 1.54) is 6.07 Å². The molecule has 0 spiro atoms. The normalized spacial score (nSPS) is 12.8. The van der Waals surface area contributed by atoms with Crippen LogP contribution in [-0.4, -0.2) is 0 Å². The van der Waals surface area contributed by atoms with Gasteiger partial charge >= 0.3 is 0 Å². The Kier molecular flexibility index (Phi) is 3.81. The molecule has 2 rings (SSSR count). The fourth-order valence-electron chi connectivity index (χ4n) is 1.49. The van der Waals surface area contributed by atoms with Crippen molar-refractivity contribution in [3.8, 4) is 0 Å². The predicted octanol–water partition coefficient (Wildman–Crippen LogP) is 5.47. The van der Waals surface area contributed by atoms with E-state index in [1.807, 2.05) is 0 Å². The number of hydrogen-bond donors (Lipinski definition) is 0. The number of halogens is 4. The van der Waals surface area contributed by atoms with E-state index in [0.29, 0.717) is 26.6 Å². The molecule has 1 unspecified atom stereocenters. The Morgan fingerprint density at radius 1 is 1.35 bits per heavy atom. The highest BCUT2D eigenvalue weighted by atomic mass is 79.9. The zero-order chi connectivity index (χ0) is 12.6. The van der Waals surface area contributed by atoms with Crippen molar-refractivity contribution in [3.05, 3.63) is 56.7 Å². The SMILES string of the molecule is Cc1cc(C(Cl)c2ccc(Br)o2)c(Cl)cc1F. The molecule has 0 radical (unpaired) electrons. The van der Waals surface area contributed by atoms with E-state index in [-0.39, 0.29) is 5.82 Å². The summed E-state index contributed by atoms with van der Waals surface area (Å²) in [5.74, 6) is 0.217. The standard InChI is InChI=1S/C12H8BrCl2FO/c1-6-4-7(8(14)5-9(6)16)12(15)10-2-3-11(13)17-10/h2-5,12H,1H3. The van der Waals surface area contributed by atoms with Crippen LogP contribution in [0, 0.1) is 12.7 Å². The van der Waals surface area contributed by atoms with Gasteiger partial charge in [0.05, 0.1) is 0 Å². The molecule has 0 N–H and O–H groups in total. The molecule has 0 saturated carbocycles. The Morgan fingerprint density at radius 3 is 2.65 bits per heavy atom. The summed E-state index contributed by atoms with van der Waals surface area (Å²) in [5, 5.41) is -0.242. The lowest BCUT2D eigenvalue weighted by molar-refractivity contribution is 0.494. The number of furan rings is 1. The molecule has 0 aliphatic carbocycles. The summed E-state index contributed by atoms with van der Waals surface area (Å²) in [6.07, 6.45) is 0. The van der Waals surface area contributed by atoms with Gasteiger partial charge in [0.2, 0.25) is 0 Å². The molecule has 0 amide bonds. The molecule has 0 saturated heterocycles. The first-order valence-corrected chi connectivity index (χ1v) is 6.44. The molecular formula is C12H8BrCl2FO. The van der Waals surface area contributed by atoms with E-state index in [0.717, 1.165) is 0 Å². The van der Waals surface area contributed by atoms with Crippen molar-refractivity contribution in [1.29, 1.82) is 0 Å². The third kappa shape index (κ3) is 2.67. The summed E-state index contributed by atoms with van der Waals surface area (Å²) in [7, 11) is 0. The molecular weight excluding hydrogens is 330 g/mol. The minimum absolute atomic E-state index is 0.292. The van der Waals surface area contributed by atoms with Crippen LogP contribution in [-0.2, 0) is 0 Å². The van der Waals surface area contributed by atoms with E-state index < -0.39 is 5.38 Å². The summed E-state index contributed by atoms with van der Waals surface area (Å²) in [4.78, 5) is 0. The van der Waals surface area contributed by atoms with Crippen molar-refractivity contribution >= 4 is 39.1 Å². The number of rotatable bonds is 2. The minimum atomic E-state index is -0.534. The van der Waals surface area contributed by atoms with Gasteiger partial charge in [-0.2, -0.15) is 0 Å². The van der Waals surface area contributed by atoms with E-state index >= 15 is 0 Å². The zero-order valence-corrected chi connectivity index (χ0v) is 11.9. The van der Waals surface area contributed by atoms with Gasteiger partial charge in [-0.25, -0.2) is 4.39 Å². The molecule has 1 aromatic carbocycles. The quantitative estimate of drug-likeness (QED) is 0.662. The van der Waals surface area contributed by atoms with Gasteiger partial charge in [-0.1, -0.05) is 11.6 Å². The lowest BCUT2D eigenvalue weighted by atomic mass is 10.1. The Morgan fingerprint density at radius 2 is 2.06 bits per heavy atom.